The van der Waals surface area contributed by atoms with Gasteiger partial charge < -0.3 is 19.3 Å². The summed E-state index contributed by atoms with van der Waals surface area (Å²) in [6.07, 6.45) is 3.30. The van der Waals surface area contributed by atoms with Crippen LogP contribution in [0.2, 0.25) is 0 Å². The Labute approximate surface area is 126 Å². The average molecular weight is 292 g/mol. The Bertz CT molecular complexity index is 450. The standard InChI is InChI=1S/C17H24O4/c1-2-16(18)13-3-5-14(6-4-13)21-15-7-9-20-17(11-15)8-10-19-12-17/h3-6,15-16,18H,2,7-12H2,1H3/t15?,16-,17?/m1/s1. The van der Waals surface area contributed by atoms with Crippen LogP contribution in [-0.4, -0.2) is 36.6 Å². The fourth-order valence-electron chi connectivity index (χ4n) is 3.14. The largest absolute Gasteiger partial charge is 0.490 e. The Morgan fingerprint density at radius 1 is 1.33 bits per heavy atom. The van der Waals surface area contributed by atoms with Crippen molar-refractivity contribution >= 4 is 0 Å². The van der Waals surface area contributed by atoms with Crippen molar-refractivity contribution in [1.29, 1.82) is 0 Å². The molecule has 1 N–H and O–H groups in total. The Hall–Kier alpha value is -1.10. The summed E-state index contributed by atoms with van der Waals surface area (Å²) in [5, 5.41) is 9.81. The highest BCUT2D eigenvalue weighted by Crippen LogP contribution is 2.34. The molecule has 0 aliphatic carbocycles. The summed E-state index contributed by atoms with van der Waals surface area (Å²) in [6, 6.07) is 7.78. The highest BCUT2D eigenvalue weighted by atomic mass is 16.6. The van der Waals surface area contributed by atoms with E-state index in [0.29, 0.717) is 6.61 Å². The van der Waals surface area contributed by atoms with Gasteiger partial charge in [-0.05, 0) is 24.1 Å². The SMILES string of the molecule is CC[C@@H](O)c1ccc(OC2CCOC3(CCOC3)C2)cc1. The lowest BCUT2D eigenvalue weighted by Crippen LogP contribution is -2.44. The van der Waals surface area contributed by atoms with Gasteiger partial charge in [0, 0.05) is 25.9 Å². The number of rotatable bonds is 4. The second-order valence-corrected chi connectivity index (χ2v) is 6.06. The van der Waals surface area contributed by atoms with E-state index in [1.54, 1.807) is 0 Å². The summed E-state index contributed by atoms with van der Waals surface area (Å²) in [6.45, 7) is 4.19. The topological polar surface area (TPSA) is 47.9 Å². The number of benzene rings is 1. The van der Waals surface area contributed by atoms with E-state index in [9.17, 15) is 5.11 Å². The molecule has 2 aliphatic heterocycles. The lowest BCUT2D eigenvalue weighted by molar-refractivity contribution is -0.112. The maximum atomic E-state index is 9.81. The summed E-state index contributed by atoms with van der Waals surface area (Å²) in [5.41, 5.74) is 0.818. The highest BCUT2D eigenvalue weighted by molar-refractivity contribution is 5.28. The molecule has 0 radical (unpaired) electrons. The molecule has 0 aromatic heterocycles. The molecule has 1 aromatic rings. The van der Waals surface area contributed by atoms with Gasteiger partial charge in [0.2, 0.25) is 0 Å². The van der Waals surface area contributed by atoms with Crippen LogP contribution >= 0.6 is 0 Å². The molecule has 4 heteroatoms. The van der Waals surface area contributed by atoms with Crippen molar-refractivity contribution in [2.45, 2.75) is 50.4 Å². The van der Waals surface area contributed by atoms with Crippen LogP contribution in [0.5, 0.6) is 5.75 Å². The molecule has 21 heavy (non-hydrogen) atoms. The molecule has 1 spiro atoms. The number of ether oxygens (including phenoxy) is 3. The molecule has 0 amide bonds. The molecule has 2 saturated heterocycles. The fraction of sp³-hybridized carbons (Fsp3) is 0.647. The van der Waals surface area contributed by atoms with E-state index in [0.717, 1.165) is 50.2 Å². The number of hydrogen-bond acceptors (Lipinski definition) is 4. The first-order valence-corrected chi connectivity index (χ1v) is 7.87. The third-order valence-electron chi connectivity index (χ3n) is 4.47. The van der Waals surface area contributed by atoms with Crippen molar-refractivity contribution in [3.8, 4) is 5.75 Å². The molecule has 0 saturated carbocycles. The molecule has 2 heterocycles. The number of aliphatic hydroxyl groups is 1. The first-order valence-electron chi connectivity index (χ1n) is 7.87. The molecule has 3 rings (SSSR count). The summed E-state index contributed by atoms with van der Waals surface area (Å²) in [4.78, 5) is 0. The Morgan fingerprint density at radius 2 is 2.14 bits per heavy atom. The second kappa shape index (κ2) is 6.34. The van der Waals surface area contributed by atoms with Gasteiger partial charge in [-0.2, -0.15) is 0 Å². The first kappa shape index (κ1) is 14.8. The fourth-order valence-corrected chi connectivity index (χ4v) is 3.14. The van der Waals surface area contributed by atoms with E-state index >= 15 is 0 Å². The third kappa shape index (κ3) is 3.39. The van der Waals surface area contributed by atoms with Crippen LogP contribution in [0.3, 0.4) is 0 Å². The Balaban J connectivity index is 1.60. The van der Waals surface area contributed by atoms with Crippen LogP contribution in [0.15, 0.2) is 24.3 Å². The van der Waals surface area contributed by atoms with Crippen LogP contribution in [0.1, 0.15) is 44.3 Å². The maximum Gasteiger partial charge on any atom is 0.119 e. The van der Waals surface area contributed by atoms with E-state index in [1.165, 1.54) is 0 Å². The lowest BCUT2D eigenvalue weighted by atomic mass is 9.91. The van der Waals surface area contributed by atoms with Gasteiger partial charge in [-0.15, -0.1) is 0 Å². The zero-order valence-electron chi connectivity index (χ0n) is 12.6. The smallest absolute Gasteiger partial charge is 0.119 e. The van der Waals surface area contributed by atoms with Crippen LogP contribution < -0.4 is 4.74 Å². The van der Waals surface area contributed by atoms with Crippen molar-refractivity contribution < 1.29 is 19.3 Å². The zero-order valence-corrected chi connectivity index (χ0v) is 12.6. The minimum Gasteiger partial charge on any atom is -0.490 e. The lowest BCUT2D eigenvalue weighted by Gasteiger charge is -2.37. The van der Waals surface area contributed by atoms with Crippen molar-refractivity contribution in [3.05, 3.63) is 29.8 Å². The molecule has 2 fully saturated rings. The molecular weight excluding hydrogens is 268 g/mol. The van der Waals surface area contributed by atoms with Crippen LogP contribution in [0.4, 0.5) is 0 Å². The molecule has 116 valence electrons. The third-order valence-corrected chi connectivity index (χ3v) is 4.47. The van der Waals surface area contributed by atoms with Gasteiger partial charge in [0.1, 0.15) is 11.9 Å². The molecule has 1 aromatic carbocycles. The summed E-state index contributed by atoms with van der Waals surface area (Å²) < 4.78 is 17.5. The van der Waals surface area contributed by atoms with E-state index in [2.05, 4.69) is 0 Å². The van der Waals surface area contributed by atoms with E-state index in [4.69, 9.17) is 14.2 Å². The molecule has 0 bridgehead atoms. The van der Waals surface area contributed by atoms with Gasteiger partial charge >= 0.3 is 0 Å². The molecule has 4 nitrogen and oxygen atoms in total. The number of aliphatic hydroxyl groups excluding tert-OH is 1. The number of hydrogen-bond donors (Lipinski definition) is 1. The molecule has 2 unspecified atom stereocenters. The van der Waals surface area contributed by atoms with E-state index < -0.39 is 0 Å². The van der Waals surface area contributed by atoms with Gasteiger partial charge in [-0.25, -0.2) is 0 Å². The van der Waals surface area contributed by atoms with Crippen LogP contribution in [0.25, 0.3) is 0 Å². The summed E-state index contributed by atoms with van der Waals surface area (Å²) >= 11 is 0. The minimum atomic E-state index is -0.388. The molecule has 3 atom stereocenters. The van der Waals surface area contributed by atoms with Crippen LogP contribution in [0, 0.1) is 0 Å². The normalized spacial score (nSPS) is 30.5. The molecule has 2 aliphatic rings. The van der Waals surface area contributed by atoms with Gasteiger partial charge in [0.15, 0.2) is 0 Å². The summed E-state index contributed by atoms with van der Waals surface area (Å²) in [7, 11) is 0. The van der Waals surface area contributed by atoms with Crippen molar-refractivity contribution in [2.75, 3.05) is 19.8 Å². The van der Waals surface area contributed by atoms with Gasteiger partial charge in [0.05, 0.1) is 24.9 Å². The monoisotopic (exact) mass is 292 g/mol. The maximum absolute atomic E-state index is 9.81. The van der Waals surface area contributed by atoms with E-state index in [1.807, 2.05) is 31.2 Å². The first-order chi connectivity index (χ1) is 10.2. The van der Waals surface area contributed by atoms with Crippen molar-refractivity contribution in [1.82, 2.24) is 0 Å². The Morgan fingerprint density at radius 3 is 2.81 bits per heavy atom. The van der Waals surface area contributed by atoms with Gasteiger partial charge in [0.25, 0.3) is 0 Å². The average Bonchev–Trinajstić information content (AvgIpc) is 2.95. The van der Waals surface area contributed by atoms with Crippen LogP contribution in [-0.2, 0) is 9.47 Å². The van der Waals surface area contributed by atoms with Gasteiger partial charge in [-0.1, -0.05) is 19.1 Å². The predicted molar refractivity (Wildman–Crippen MR) is 79.5 cm³/mol. The van der Waals surface area contributed by atoms with Gasteiger partial charge in [-0.3, -0.25) is 0 Å². The zero-order chi connectivity index (χ0) is 14.7. The molecular formula is C17H24O4. The van der Waals surface area contributed by atoms with E-state index in [-0.39, 0.29) is 17.8 Å². The van der Waals surface area contributed by atoms with Crippen molar-refractivity contribution in [2.24, 2.45) is 0 Å². The Kier molecular flexibility index (Phi) is 4.48. The van der Waals surface area contributed by atoms with Crippen molar-refractivity contribution in [3.63, 3.8) is 0 Å². The second-order valence-electron chi connectivity index (χ2n) is 6.06. The highest BCUT2D eigenvalue weighted by Gasteiger charge is 2.41. The quantitative estimate of drug-likeness (QED) is 0.927. The summed E-state index contributed by atoms with van der Waals surface area (Å²) in [5.74, 6) is 0.864. The minimum absolute atomic E-state index is 0.124. The predicted octanol–water partition coefficient (Wildman–Crippen LogP) is 2.85.